The van der Waals surface area contributed by atoms with Crippen molar-refractivity contribution in [1.82, 2.24) is 4.90 Å². The molecular formula is C15H21FN2O3S. The summed E-state index contributed by atoms with van der Waals surface area (Å²) >= 11 is 1.11. The minimum atomic E-state index is -0.736. The fourth-order valence-corrected chi connectivity index (χ4v) is 3.49. The van der Waals surface area contributed by atoms with E-state index in [0.717, 1.165) is 29.1 Å². The van der Waals surface area contributed by atoms with Crippen LogP contribution in [0.1, 0.15) is 54.1 Å². The van der Waals surface area contributed by atoms with E-state index >= 15 is 0 Å². The van der Waals surface area contributed by atoms with Crippen LogP contribution in [0.25, 0.3) is 0 Å². The molecule has 1 saturated heterocycles. The molecular weight excluding hydrogens is 307 g/mol. The van der Waals surface area contributed by atoms with Crippen LogP contribution in [0.3, 0.4) is 0 Å². The molecule has 2 rings (SSSR count). The number of hydrogen-bond donors (Lipinski definition) is 1. The number of halogens is 1. The second kappa shape index (κ2) is 6.24. The number of nitrogens with zero attached hydrogens (tertiary/aromatic N) is 1. The van der Waals surface area contributed by atoms with Gasteiger partial charge in [0, 0.05) is 18.0 Å². The maximum Gasteiger partial charge on any atom is 0.410 e. The molecule has 0 radical (unpaired) electrons. The number of hydrogen-bond acceptors (Lipinski definition) is 4. The quantitative estimate of drug-likeness (QED) is 0.906. The number of primary amides is 1. The van der Waals surface area contributed by atoms with Gasteiger partial charge >= 0.3 is 6.09 Å². The number of carbonyl (C=O) groups excluding carboxylic acids is 2. The summed E-state index contributed by atoms with van der Waals surface area (Å²) < 4.78 is 19.0. The molecule has 22 heavy (non-hydrogen) atoms. The van der Waals surface area contributed by atoms with Gasteiger partial charge in [0.05, 0.1) is 0 Å². The summed E-state index contributed by atoms with van der Waals surface area (Å²) in [6.45, 7) is 6.61. The smallest absolute Gasteiger partial charge is 0.410 e. The number of piperidine rings is 1. The molecule has 1 aromatic rings. The summed E-state index contributed by atoms with van der Waals surface area (Å²) in [4.78, 5) is 25.6. The maximum atomic E-state index is 13.6. The van der Waals surface area contributed by atoms with Crippen molar-refractivity contribution in [1.29, 1.82) is 0 Å². The van der Waals surface area contributed by atoms with E-state index in [0.29, 0.717) is 13.1 Å². The molecule has 0 spiro atoms. The van der Waals surface area contributed by atoms with Gasteiger partial charge in [-0.05, 0) is 45.6 Å². The molecule has 0 bridgehead atoms. The van der Waals surface area contributed by atoms with Gasteiger partial charge in [-0.3, -0.25) is 4.79 Å². The zero-order chi connectivity index (χ0) is 16.5. The lowest BCUT2D eigenvalue weighted by molar-refractivity contribution is 0.0205. The summed E-state index contributed by atoms with van der Waals surface area (Å²) in [6, 6.07) is 1.39. The lowest BCUT2D eigenvalue weighted by atomic mass is 9.95. The average Bonchev–Trinajstić information content (AvgIpc) is 2.79. The van der Waals surface area contributed by atoms with E-state index in [-0.39, 0.29) is 16.9 Å². The zero-order valence-electron chi connectivity index (χ0n) is 13.0. The molecule has 0 aromatic carbocycles. The minimum Gasteiger partial charge on any atom is -0.444 e. The number of rotatable bonds is 2. The molecule has 5 nitrogen and oxygen atoms in total. The molecule has 2 amide bonds. The lowest BCUT2D eigenvalue weighted by Crippen LogP contribution is -2.41. The van der Waals surface area contributed by atoms with Crippen LogP contribution in [0, 0.1) is 5.82 Å². The predicted molar refractivity (Wildman–Crippen MR) is 82.6 cm³/mol. The Labute approximate surface area is 133 Å². The van der Waals surface area contributed by atoms with Gasteiger partial charge in [-0.2, -0.15) is 0 Å². The first-order chi connectivity index (χ1) is 10.2. The van der Waals surface area contributed by atoms with Crippen LogP contribution in [0.4, 0.5) is 9.18 Å². The van der Waals surface area contributed by atoms with Crippen molar-refractivity contribution < 1.29 is 18.7 Å². The van der Waals surface area contributed by atoms with Crippen molar-refractivity contribution in [2.24, 2.45) is 5.73 Å². The first kappa shape index (κ1) is 16.7. The predicted octanol–water partition coefficient (Wildman–Crippen LogP) is 3.10. The SMILES string of the molecule is CC(C)(C)OC(=O)N1CCC(c2cc(F)c(C(N)=O)s2)CC1. The van der Waals surface area contributed by atoms with Crippen LogP contribution >= 0.6 is 11.3 Å². The summed E-state index contributed by atoms with van der Waals surface area (Å²) in [6.07, 6.45) is 1.12. The topological polar surface area (TPSA) is 72.6 Å². The molecule has 122 valence electrons. The first-order valence-corrected chi connectivity index (χ1v) is 8.06. The summed E-state index contributed by atoms with van der Waals surface area (Å²) in [5.41, 5.74) is 4.63. The monoisotopic (exact) mass is 328 g/mol. The van der Waals surface area contributed by atoms with Crippen LogP contribution in [-0.4, -0.2) is 35.6 Å². The number of nitrogens with two attached hydrogens (primary N) is 1. The number of thiophene rings is 1. The molecule has 2 heterocycles. The summed E-state index contributed by atoms with van der Waals surface area (Å²) in [7, 11) is 0. The van der Waals surface area contributed by atoms with E-state index < -0.39 is 17.3 Å². The van der Waals surface area contributed by atoms with Crippen molar-refractivity contribution in [3.05, 3.63) is 21.6 Å². The van der Waals surface area contributed by atoms with Gasteiger partial charge in [-0.1, -0.05) is 0 Å². The highest BCUT2D eigenvalue weighted by molar-refractivity contribution is 7.14. The maximum absolute atomic E-state index is 13.6. The van der Waals surface area contributed by atoms with Crippen molar-refractivity contribution in [2.45, 2.75) is 45.1 Å². The van der Waals surface area contributed by atoms with E-state index in [1.165, 1.54) is 6.07 Å². The first-order valence-electron chi connectivity index (χ1n) is 7.24. The Morgan fingerprint density at radius 2 is 1.95 bits per heavy atom. The molecule has 0 atom stereocenters. The van der Waals surface area contributed by atoms with E-state index in [1.807, 2.05) is 20.8 Å². The Balaban J connectivity index is 1.96. The third-order valence-corrected chi connectivity index (χ3v) is 4.77. The van der Waals surface area contributed by atoms with Crippen molar-refractivity contribution in [2.75, 3.05) is 13.1 Å². The fraction of sp³-hybridized carbons (Fsp3) is 0.600. The second-order valence-corrected chi connectivity index (χ2v) is 7.52. The third-order valence-electron chi connectivity index (χ3n) is 3.48. The van der Waals surface area contributed by atoms with Crippen molar-refractivity contribution in [3.63, 3.8) is 0 Å². The molecule has 1 aliphatic rings. The van der Waals surface area contributed by atoms with Gasteiger partial charge in [0.15, 0.2) is 0 Å². The van der Waals surface area contributed by atoms with E-state index in [1.54, 1.807) is 4.90 Å². The van der Waals surface area contributed by atoms with Crippen molar-refractivity contribution >= 4 is 23.3 Å². The Hall–Kier alpha value is -1.63. The minimum absolute atomic E-state index is 0.0235. The molecule has 1 aromatic heterocycles. The van der Waals surface area contributed by atoms with Crippen LogP contribution in [0.5, 0.6) is 0 Å². The standard InChI is InChI=1S/C15H21FN2O3S/c1-15(2,3)21-14(20)18-6-4-9(5-7-18)11-8-10(16)12(22-11)13(17)19/h8-9H,4-7H2,1-3H3,(H2,17,19). The van der Waals surface area contributed by atoms with E-state index in [9.17, 15) is 14.0 Å². The van der Waals surface area contributed by atoms with Gasteiger partial charge in [0.25, 0.3) is 5.91 Å². The van der Waals surface area contributed by atoms with E-state index in [2.05, 4.69) is 0 Å². The molecule has 0 unspecified atom stereocenters. The van der Waals surface area contributed by atoms with Crippen LogP contribution in [0.2, 0.25) is 0 Å². The number of likely N-dealkylation sites (tertiary alicyclic amines) is 1. The van der Waals surface area contributed by atoms with Crippen LogP contribution in [0.15, 0.2) is 6.07 Å². The molecule has 1 fully saturated rings. The highest BCUT2D eigenvalue weighted by Crippen LogP contribution is 2.34. The Morgan fingerprint density at radius 3 is 2.41 bits per heavy atom. The van der Waals surface area contributed by atoms with Crippen molar-refractivity contribution in [3.8, 4) is 0 Å². The van der Waals surface area contributed by atoms with Gasteiger partial charge in [-0.25, -0.2) is 9.18 Å². The van der Waals surface area contributed by atoms with Gasteiger partial charge < -0.3 is 15.4 Å². The second-order valence-electron chi connectivity index (χ2n) is 6.43. The van der Waals surface area contributed by atoms with E-state index in [4.69, 9.17) is 10.5 Å². The lowest BCUT2D eigenvalue weighted by Gasteiger charge is -2.33. The Kier molecular flexibility index (Phi) is 4.75. The fourth-order valence-electron chi connectivity index (χ4n) is 2.43. The highest BCUT2D eigenvalue weighted by atomic mass is 32.1. The molecule has 0 aliphatic carbocycles. The Morgan fingerprint density at radius 1 is 1.36 bits per heavy atom. The average molecular weight is 328 g/mol. The van der Waals surface area contributed by atoms with Gasteiger partial charge in [0.1, 0.15) is 16.3 Å². The molecule has 7 heteroatoms. The molecule has 0 saturated carbocycles. The zero-order valence-corrected chi connectivity index (χ0v) is 13.8. The third kappa shape index (κ3) is 3.97. The van der Waals surface area contributed by atoms with Gasteiger partial charge in [0.2, 0.25) is 0 Å². The molecule has 1 aliphatic heterocycles. The highest BCUT2D eigenvalue weighted by Gasteiger charge is 2.29. The summed E-state index contributed by atoms with van der Waals surface area (Å²) in [5, 5.41) is 0. The van der Waals surface area contributed by atoms with Crippen LogP contribution in [-0.2, 0) is 4.74 Å². The van der Waals surface area contributed by atoms with Crippen LogP contribution < -0.4 is 5.73 Å². The number of carbonyl (C=O) groups is 2. The number of ether oxygens (including phenoxy) is 1. The largest absolute Gasteiger partial charge is 0.444 e. The Bertz CT molecular complexity index is 572. The number of amides is 2. The summed E-state index contributed by atoms with van der Waals surface area (Å²) in [5.74, 6) is -1.15. The normalized spacial score (nSPS) is 16.6. The van der Waals surface area contributed by atoms with Gasteiger partial charge in [-0.15, -0.1) is 11.3 Å². The molecule has 2 N–H and O–H groups in total.